The molecule has 0 spiro atoms. The molecule has 0 aromatic carbocycles. The van der Waals surface area contributed by atoms with Crippen molar-refractivity contribution < 1.29 is 4.79 Å². The molecular weight excluding hydrogens is 315 g/mol. The number of alkyl halides is 1. The molecule has 2 aromatic heterocycles. The highest BCUT2D eigenvalue weighted by atomic mass is 35.5. The molecule has 0 aliphatic carbocycles. The van der Waals surface area contributed by atoms with Crippen molar-refractivity contribution in [1.29, 1.82) is 0 Å². The minimum atomic E-state index is -0.313. The molecule has 0 unspecified atom stereocenters. The lowest BCUT2D eigenvalue weighted by Gasteiger charge is -2.26. The van der Waals surface area contributed by atoms with E-state index >= 15 is 0 Å². The molecule has 2 heterocycles. The highest BCUT2D eigenvalue weighted by molar-refractivity contribution is 6.34. The third-order valence-electron chi connectivity index (χ3n) is 2.71. The van der Waals surface area contributed by atoms with Gasteiger partial charge in [-0.25, -0.2) is 9.97 Å². The fourth-order valence-corrected chi connectivity index (χ4v) is 2.16. The van der Waals surface area contributed by atoms with Gasteiger partial charge in [0, 0.05) is 26.5 Å². The monoisotopic (exact) mass is 328 g/mol. The first-order valence-corrected chi connectivity index (χ1v) is 6.97. The predicted molar refractivity (Wildman–Crippen MR) is 81.8 cm³/mol. The SMILES string of the molecule is CN(C)c1ncnc(Cl)c1N(Cn1cccn1)C(=O)CCl. The first-order valence-electron chi connectivity index (χ1n) is 6.06. The van der Waals surface area contributed by atoms with Crippen molar-refractivity contribution in [2.45, 2.75) is 6.67 Å². The molecule has 0 aliphatic heterocycles. The lowest BCUT2D eigenvalue weighted by atomic mass is 10.3. The third-order valence-corrected chi connectivity index (χ3v) is 3.22. The summed E-state index contributed by atoms with van der Waals surface area (Å²) in [5.74, 6) is 0.0342. The molecule has 0 aliphatic rings. The Kier molecular flexibility index (Phi) is 4.98. The van der Waals surface area contributed by atoms with Gasteiger partial charge in [-0.2, -0.15) is 5.10 Å². The van der Waals surface area contributed by atoms with Crippen molar-refractivity contribution in [2.75, 3.05) is 29.8 Å². The number of halogens is 2. The van der Waals surface area contributed by atoms with Crippen molar-refractivity contribution in [2.24, 2.45) is 0 Å². The fraction of sp³-hybridized carbons (Fsp3) is 0.333. The Morgan fingerprint density at radius 1 is 1.38 bits per heavy atom. The number of aromatic nitrogens is 4. The van der Waals surface area contributed by atoms with Crippen LogP contribution in [-0.4, -0.2) is 45.6 Å². The number of hydrogen-bond acceptors (Lipinski definition) is 5. The minimum absolute atomic E-state index is 0.173. The summed E-state index contributed by atoms with van der Waals surface area (Å²) in [6.45, 7) is 0.173. The second-order valence-corrected chi connectivity index (χ2v) is 5.00. The van der Waals surface area contributed by atoms with E-state index in [9.17, 15) is 4.79 Å². The van der Waals surface area contributed by atoms with Gasteiger partial charge in [0.05, 0.1) is 0 Å². The minimum Gasteiger partial charge on any atom is -0.361 e. The second-order valence-electron chi connectivity index (χ2n) is 4.37. The van der Waals surface area contributed by atoms with Crippen LogP contribution in [-0.2, 0) is 11.5 Å². The van der Waals surface area contributed by atoms with Crippen LogP contribution in [0.3, 0.4) is 0 Å². The standard InChI is InChI=1S/C12H14Cl2N6O/c1-18(2)12-10(11(14)15-7-16-12)20(9(21)6-13)8-19-5-3-4-17-19/h3-5,7H,6,8H2,1-2H3. The van der Waals surface area contributed by atoms with E-state index in [-0.39, 0.29) is 23.6 Å². The lowest BCUT2D eigenvalue weighted by Crippen LogP contribution is -2.35. The zero-order valence-electron chi connectivity index (χ0n) is 11.6. The number of amides is 1. The third kappa shape index (κ3) is 3.43. The van der Waals surface area contributed by atoms with Crippen molar-refractivity contribution in [3.63, 3.8) is 0 Å². The van der Waals surface area contributed by atoms with Crippen molar-refractivity contribution in [1.82, 2.24) is 19.7 Å². The van der Waals surface area contributed by atoms with Gasteiger partial charge in [-0.05, 0) is 6.07 Å². The summed E-state index contributed by atoms with van der Waals surface area (Å²) in [6.07, 6.45) is 4.71. The molecule has 0 bridgehead atoms. The molecule has 7 nitrogen and oxygen atoms in total. The van der Waals surface area contributed by atoms with E-state index in [1.54, 1.807) is 42.1 Å². The summed E-state index contributed by atoms with van der Waals surface area (Å²) in [5, 5.41) is 4.26. The summed E-state index contributed by atoms with van der Waals surface area (Å²) in [4.78, 5) is 23.5. The molecule has 0 fully saturated rings. The molecule has 0 atom stereocenters. The summed E-state index contributed by atoms with van der Waals surface area (Å²) in [5.41, 5.74) is 0.408. The Morgan fingerprint density at radius 3 is 2.71 bits per heavy atom. The summed E-state index contributed by atoms with van der Waals surface area (Å²) >= 11 is 11.9. The predicted octanol–water partition coefficient (Wildman–Crippen LogP) is 1.62. The van der Waals surface area contributed by atoms with Gasteiger partial charge in [-0.3, -0.25) is 14.4 Å². The van der Waals surface area contributed by atoms with E-state index in [1.165, 1.54) is 11.2 Å². The van der Waals surface area contributed by atoms with Crippen LogP contribution < -0.4 is 9.80 Å². The Morgan fingerprint density at radius 2 is 2.14 bits per heavy atom. The molecule has 9 heteroatoms. The molecule has 0 N–H and O–H groups in total. The number of carbonyl (C=O) groups excluding carboxylic acids is 1. The average Bonchev–Trinajstić information content (AvgIpc) is 2.97. The maximum absolute atomic E-state index is 12.2. The first kappa shape index (κ1) is 15.5. The maximum Gasteiger partial charge on any atom is 0.243 e. The number of anilines is 2. The number of hydrogen-bond donors (Lipinski definition) is 0. The molecule has 1 amide bonds. The van der Waals surface area contributed by atoms with Crippen LogP contribution in [0.15, 0.2) is 24.8 Å². The Balaban J connectivity index is 2.48. The molecule has 2 aromatic rings. The molecule has 0 saturated carbocycles. The zero-order chi connectivity index (χ0) is 15.4. The summed E-state index contributed by atoms with van der Waals surface area (Å²) in [6, 6.07) is 1.76. The Bertz CT molecular complexity index is 616. The van der Waals surface area contributed by atoms with E-state index < -0.39 is 0 Å². The average molecular weight is 329 g/mol. The molecule has 0 saturated heterocycles. The highest BCUT2D eigenvalue weighted by Crippen LogP contribution is 2.32. The van der Waals surface area contributed by atoms with Crippen molar-refractivity contribution >= 4 is 40.6 Å². The summed E-state index contributed by atoms with van der Waals surface area (Å²) in [7, 11) is 3.61. The second kappa shape index (κ2) is 6.73. The largest absolute Gasteiger partial charge is 0.361 e. The van der Waals surface area contributed by atoms with E-state index in [4.69, 9.17) is 23.2 Å². The van der Waals surface area contributed by atoms with Gasteiger partial charge in [0.2, 0.25) is 5.91 Å². The van der Waals surface area contributed by atoms with Crippen LogP contribution in [0.2, 0.25) is 5.15 Å². The molecule has 112 valence electrons. The molecule has 21 heavy (non-hydrogen) atoms. The van der Waals surface area contributed by atoms with Crippen LogP contribution in [0, 0.1) is 0 Å². The number of carbonyl (C=O) groups is 1. The van der Waals surface area contributed by atoms with Gasteiger partial charge in [0.15, 0.2) is 11.0 Å². The Hall–Kier alpha value is -1.86. The van der Waals surface area contributed by atoms with Crippen LogP contribution in [0.5, 0.6) is 0 Å². The normalized spacial score (nSPS) is 10.5. The first-order chi connectivity index (χ1) is 10.0. The van der Waals surface area contributed by atoms with Gasteiger partial charge in [-0.1, -0.05) is 11.6 Å². The maximum atomic E-state index is 12.2. The van der Waals surface area contributed by atoms with E-state index in [0.717, 1.165) is 0 Å². The Labute approximate surface area is 132 Å². The van der Waals surface area contributed by atoms with Gasteiger partial charge < -0.3 is 4.90 Å². The fourth-order valence-electron chi connectivity index (χ4n) is 1.78. The van der Waals surface area contributed by atoms with Crippen LogP contribution in [0.1, 0.15) is 0 Å². The topological polar surface area (TPSA) is 67.2 Å². The van der Waals surface area contributed by atoms with Crippen molar-refractivity contribution in [3.8, 4) is 0 Å². The van der Waals surface area contributed by atoms with E-state index in [0.29, 0.717) is 11.5 Å². The molecule has 0 radical (unpaired) electrons. The van der Waals surface area contributed by atoms with E-state index in [1.807, 2.05) is 0 Å². The zero-order valence-corrected chi connectivity index (χ0v) is 13.1. The van der Waals surface area contributed by atoms with E-state index in [2.05, 4.69) is 15.1 Å². The van der Waals surface area contributed by atoms with Gasteiger partial charge in [0.25, 0.3) is 0 Å². The van der Waals surface area contributed by atoms with Gasteiger partial charge >= 0.3 is 0 Å². The lowest BCUT2D eigenvalue weighted by molar-refractivity contribution is -0.116. The number of rotatable bonds is 5. The number of nitrogens with zero attached hydrogens (tertiary/aromatic N) is 6. The molecular formula is C12H14Cl2N6O. The quantitative estimate of drug-likeness (QED) is 0.616. The van der Waals surface area contributed by atoms with Gasteiger partial charge in [-0.15, -0.1) is 11.6 Å². The van der Waals surface area contributed by atoms with Crippen LogP contribution in [0.4, 0.5) is 11.5 Å². The summed E-state index contributed by atoms with van der Waals surface area (Å²) < 4.78 is 1.59. The van der Waals surface area contributed by atoms with Crippen molar-refractivity contribution in [3.05, 3.63) is 29.9 Å². The van der Waals surface area contributed by atoms with Crippen LogP contribution >= 0.6 is 23.2 Å². The smallest absolute Gasteiger partial charge is 0.243 e. The van der Waals surface area contributed by atoms with Crippen LogP contribution in [0.25, 0.3) is 0 Å². The van der Waals surface area contributed by atoms with Gasteiger partial charge in [0.1, 0.15) is 24.6 Å². The highest BCUT2D eigenvalue weighted by Gasteiger charge is 2.24. The molecule has 2 rings (SSSR count).